The molecule has 1 spiro atoms. The molecule has 1 aromatic rings. The Morgan fingerprint density at radius 3 is 2.48 bits per heavy atom. The van der Waals surface area contributed by atoms with E-state index in [1.807, 2.05) is 0 Å². The van der Waals surface area contributed by atoms with E-state index >= 15 is 0 Å². The van der Waals surface area contributed by atoms with Crippen molar-refractivity contribution < 1.29 is 9.53 Å². The molecule has 0 N–H and O–H groups in total. The fourth-order valence-electron chi connectivity index (χ4n) is 4.03. The maximum absolute atomic E-state index is 12.6. The zero-order valence-corrected chi connectivity index (χ0v) is 12.8. The van der Waals surface area contributed by atoms with Crippen molar-refractivity contribution in [3.05, 3.63) is 28.8 Å². The van der Waals surface area contributed by atoms with Crippen molar-refractivity contribution in [2.24, 2.45) is 0 Å². The van der Waals surface area contributed by atoms with E-state index in [1.165, 1.54) is 24.0 Å². The molecule has 3 aliphatic rings. The molecule has 4 rings (SSSR count). The smallest absolute Gasteiger partial charge is 0.170 e. The number of fused-ring (bicyclic) bond motifs is 2. The van der Waals surface area contributed by atoms with Gasteiger partial charge in [0.1, 0.15) is 11.4 Å². The second-order valence-electron chi connectivity index (χ2n) is 7.01. The van der Waals surface area contributed by atoms with Crippen molar-refractivity contribution in [2.75, 3.05) is 20.1 Å². The quantitative estimate of drug-likeness (QED) is 0.734. The summed E-state index contributed by atoms with van der Waals surface area (Å²) in [6.45, 7) is 2.04. The summed E-state index contributed by atoms with van der Waals surface area (Å²) in [5, 5.41) is 0. The minimum absolute atomic E-state index is 0.237. The molecule has 0 radical (unpaired) electrons. The maximum atomic E-state index is 12.6. The Kier molecular flexibility index (Phi) is 3.07. The minimum atomic E-state index is -0.237. The lowest BCUT2D eigenvalue weighted by molar-refractivity contribution is -0.00376. The molecular weight excluding hydrogens is 262 g/mol. The van der Waals surface area contributed by atoms with Gasteiger partial charge in [0, 0.05) is 25.9 Å². The first-order valence-electron chi connectivity index (χ1n) is 8.22. The predicted octanol–water partition coefficient (Wildman–Crippen LogP) is 3.00. The van der Waals surface area contributed by atoms with Gasteiger partial charge in [-0.3, -0.25) is 4.79 Å². The molecule has 0 atom stereocenters. The van der Waals surface area contributed by atoms with E-state index in [-0.39, 0.29) is 11.4 Å². The molecule has 0 saturated carbocycles. The van der Waals surface area contributed by atoms with Crippen molar-refractivity contribution in [3.8, 4) is 5.75 Å². The lowest BCUT2D eigenvalue weighted by atomic mass is 9.81. The van der Waals surface area contributed by atoms with Crippen molar-refractivity contribution in [2.45, 2.75) is 50.5 Å². The normalized spacial score (nSPS) is 24.3. The van der Waals surface area contributed by atoms with Crippen molar-refractivity contribution in [1.82, 2.24) is 4.90 Å². The summed E-state index contributed by atoms with van der Waals surface area (Å²) < 4.78 is 6.40. The minimum Gasteiger partial charge on any atom is -0.486 e. The summed E-state index contributed by atoms with van der Waals surface area (Å²) in [5.41, 5.74) is 3.37. The Labute approximate surface area is 126 Å². The molecule has 2 aliphatic heterocycles. The highest BCUT2D eigenvalue weighted by Gasteiger charge is 2.42. The van der Waals surface area contributed by atoms with Crippen LogP contribution < -0.4 is 4.74 Å². The van der Waals surface area contributed by atoms with Crippen LogP contribution >= 0.6 is 0 Å². The number of carbonyl (C=O) groups is 1. The van der Waals surface area contributed by atoms with Crippen molar-refractivity contribution in [3.63, 3.8) is 0 Å². The van der Waals surface area contributed by atoms with Gasteiger partial charge in [0.05, 0.1) is 12.0 Å². The van der Waals surface area contributed by atoms with Gasteiger partial charge in [0.15, 0.2) is 5.78 Å². The van der Waals surface area contributed by atoms with Crippen LogP contribution in [0.5, 0.6) is 5.75 Å². The summed E-state index contributed by atoms with van der Waals surface area (Å²) in [4.78, 5) is 15.0. The van der Waals surface area contributed by atoms with E-state index in [0.29, 0.717) is 6.42 Å². The number of likely N-dealkylation sites (tertiary alicyclic amines) is 1. The van der Waals surface area contributed by atoms with Crippen LogP contribution in [-0.4, -0.2) is 36.4 Å². The van der Waals surface area contributed by atoms with Crippen LogP contribution in [0.2, 0.25) is 0 Å². The van der Waals surface area contributed by atoms with Crippen LogP contribution in [0.15, 0.2) is 12.1 Å². The number of nitrogens with zero attached hydrogens (tertiary/aromatic N) is 1. The number of ketones is 1. The Morgan fingerprint density at radius 2 is 1.76 bits per heavy atom. The first-order valence-corrected chi connectivity index (χ1v) is 8.22. The third kappa shape index (κ3) is 2.28. The van der Waals surface area contributed by atoms with Crippen LogP contribution in [0.3, 0.4) is 0 Å². The number of hydrogen-bond acceptors (Lipinski definition) is 3. The third-order valence-electron chi connectivity index (χ3n) is 5.45. The second-order valence-corrected chi connectivity index (χ2v) is 7.01. The number of piperidine rings is 1. The standard InChI is InChI=1S/C18H23NO2/c1-19-8-6-18(7-9-19)12-16(20)15-10-13-4-2-3-5-14(13)11-17(15)21-18/h10-11H,2-9,12H2,1H3. The molecule has 0 bridgehead atoms. The SMILES string of the molecule is CN1CCC2(CC1)CC(=O)c1cc3c(cc1O2)CCCC3. The van der Waals surface area contributed by atoms with E-state index in [0.717, 1.165) is 50.1 Å². The van der Waals surface area contributed by atoms with Crippen LogP contribution in [0.25, 0.3) is 0 Å². The average molecular weight is 285 g/mol. The second kappa shape index (κ2) is 4.84. The van der Waals surface area contributed by atoms with Crippen LogP contribution in [0.4, 0.5) is 0 Å². The highest BCUT2D eigenvalue weighted by molar-refractivity contribution is 6.00. The lowest BCUT2D eigenvalue weighted by Gasteiger charge is -2.43. The predicted molar refractivity (Wildman–Crippen MR) is 82.1 cm³/mol. The number of benzene rings is 1. The summed E-state index contributed by atoms with van der Waals surface area (Å²) in [5.74, 6) is 1.14. The molecule has 112 valence electrons. The van der Waals surface area contributed by atoms with Gasteiger partial charge < -0.3 is 9.64 Å². The van der Waals surface area contributed by atoms with Gasteiger partial charge in [-0.15, -0.1) is 0 Å². The zero-order valence-electron chi connectivity index (χ0n) is 12.8. The lowest BCUT2D eigenvalue weighted by Crippen LogP contribution is -2.50. The van der Waals surface area contributed by atoms with Gasteiger partial charge in [0.25, 0.3) is 0 Å². The monoisotopic (exact) mass is 285 g/mol. The van der Waals surface area contributed by atoms with Gasteiger partial charge in [-0.2, -0.15) is 0 Å². The Balaban J connectivity index is 1.69. The Morgan fingerprint density at radius 1 is 1.10 bits per heavy atom. The molecular formula is C18H23NO2. The van der Waals surface area contributed by atoms with E-state index in [4.69, 9.17) is 4.74 Å². The molecule has 21 heavy (non-hydrogen) atoms. The van der Waals surface area contributed by atoms with Crippen LogP contribution in [0, 0.1) is 0 Å². The summed E-state index contributed by atoms with van der Waals surface area (Å²) in [6, 6.07) is 4.29. The van der Waals surface area contributed by atoms with Crippen LogP contribution in [-0.2, 0) is 12.8 Å². The zero-order chi connectivity index (χ0) is 14.4. The van der Waals surface area contributed by atoms with E-state index < -0.39 is 0 Å². The largest absolute Gasteiger partial charge is 0.486 e. The van der Waals surface area contributed by atoms with Crippen LogP contribution in [0.1, 0.15) is 53.6 Å². The topological polar surface area (TPSA) is 29.5 Å². The van der Waals surface area contributed by atoms with E-state index in [1.54, 1.807) is 0 Å². The highest BCUT2D eigenvalue weighted by atomic mass is 16.5. The van der Waals surface area contributed by atoms with Gasteiger partial charge >= 0.3 is 0 Å². The maximum Gasteiger partial charge on any atom is 0.170 e. The molecule has 3 heteroatoms. The molecule has 1 saturated heterocycles. The molecule has 0 amide bonds. The van der Waals surface area contributed by atoms with Gasteiger partial charge in [-0.1, -0.05) is 0 Å². The number of Topliss-reactive ketones (excluding diaryl/α,β-unsaturated/α-hetero) is 1. The number of ether oxygens (including phenoxy) is 1. The van der Waals surface area contributed by atoms with Gasteiger partial charge in [-0.05, 0) is 56.0 Å². The number of hydrogen-bond donors (Lipinski definition) is 0. The highest BCUT2D eigenvalue weighted by Crippen LogP contribution is 2.41. The fourth-order valence-corrected chi connectivity index (χ4v) is 4.03. The Hall–Kier alpha value is -1.35. The van der Waals surface area contributed by atoms with E-state index in [2.05, 4.69) is 24.1 Å². The number of carbonyl (C=O) groups excluding carboxylic acids is 1. The molecule has 1 aromatic carbocycles. The number of aryl methyl sites for hydroxylation is 2. The average Bonchev–Trinajstić information content (AvgIpc) is 2.49. The fraction of sp³-hybridized carbons (Fsp3) is 0.611. The molecule has 1 aliphatic carbocycles. The third-order valence-corrected chi connectivity index (χ3v) is 5.45. The summed E-state index contributed by atoms with van der Waals surface area (Å²) in [7, 11) is 2.14. The molecule has 2 heterocycles. The van der Waals surface area contributed by atoms with E-state index in [9.17, 15) is 4.79 Å². The van der Waals surface area contributed by atoms with Gasteiger partial charge in [-0.25, -0.2) is 0 Å². The molecule has 0 unspecified atom stereocenters. The van der Waals surface area contributed by atoms with Crippen molar-refractivity contribution >= 4 is 5.78 Å². The first kappa shape index (κ1) is 13.3. The molecule has 0 aromatic heterocycles. The van der Waals surface area contributed by atoms with Crippen molar-refractivity contribution in [1.29, 1.82) is 0 Å². The molecule has 1 fully saturated rings. The molecule has 3 nitrogen and oxygen atoms in total. The Bertz CT molecular complexity index is 585. The number of rotatable bonds is 0. The van der Waals surface area contributed by atoms with Gasteiger partial charge in [0.2, 0.25) is 0 Å². The summed E-state index contributed by atoms with van der Waals surface area (Å²) in [6.07, 6.45) is 7.25. The summed E-state index contributed by atoms with van der Waals surface area (Å²) >= 11 is 0. The first-order chi connectivity index (χ1) is 10.2.